The number of nitrogens with zero attached hydrogens (tertiary/aromatic N) is 1. The summed E-state index contributed by atoms with van der Waals surface area (Å²) in [4.78, 5) is 23.7. The highest BCUT2D eigenvalue weighted by Crippen LogP contribution is 2.31. The molecule has 25 heavy (non-hydrogen) atoms. The zero-order chi connectivity index (χ0) is 17.6. The Labute approximate surface area is 144 Å². The number of carbonyl (C=O) groups excluding carboxylic acids is 2. The predicted octanol–water partition coefficient (Wildman–Crippen LogP) is 1.74. The normalized spacial score (nSPS) is 13.5. The van der Waals surface area contributed by atoms with Crippen LogP contribution in [0.1, 0.15) is 24.1 Å². The summed E-state index contributed by atoms with van der Waals surface area (Å²) < 4.78 is 10.5. The average Bonchev–Trinajstić information content (AvgIpc) is 3.10. The van der Waals surface area contributed by atoms with E-state index < -0.39 is 11.8 Å². The van der Waals surface area contributed by atoms with Gasteiger partial charge in [-0.1, -0.05) is 30.3 Å². The third-order valence-electron chi connectivity index (χ3n) is 3.63. The second-order valence-corrected chi connectivity index (χ2v) is 5.42. The first-order chi connectivity index (χ1) is 12.1. The summed E-state index contributed by atoms with van der Waals surface area (Å²) >= 11 is 0. The molecule has 0 bridgehead atoms. The van der Waals surface area contributed by atoms with Crippen molar-refractivity contribution in [3.8, 4) is 11.5 Å². The van der Waals surface area contributed by atoms with Gasteiger partial charge in [0.15, 0.2) is 11.5 Å². The average molecular weight is 339 g/mol. The molecule has 0 fully saturated rings. The summed E-state index contributed by atoms with van der Waals surface area (Å²) in [5.41, 5.74) is 3.82. The maximum atomic E-state index is 11.9. The van der Waals surface area contributed by atoms with Crippen molar-refractivity contribution in [2.24, 2.45) is 5.10 Å². The van der Waals surface area contributed by atoms with Gasteiger partial charge in [0.05, 0.1) is 12.3 Å². The van der Waals surface area contributed by atoms with E-state index in [-0.39, 0.29) is 12.8 Å². The molecule has 1 atom stereocenters. The van der Waals surface area contributed by atoms with Crippen LogP contribution in [0.15, 0.2) is 53.6 Å². The van der Waals surface area contributed by atoms with E-state index in [9.17, 15) is 9.59 Å². The minimum Gasteiger partial charge on any atom is -0.454 e. The van der Waals surface area contributed by atoms with E-state index in [1.54, 1.807) is 25.1 Å². The van der Waals surface area contributed by atoms with Gasteiger partial charge in [-0.15, -0.1) is 0 Å². The quantitative estimate of drug-likeness (QED) is 0.504. The van der Waals surface area contributed by atoms with Crippen molar-refractivity contribution in [3.63, 3.8) is 0 Å². The van der Waals surface area contributed by atoms with Gasteiger partial charge in [-0.3, -0.25) is 9.59 Å². The monoisotopic (exact) mass is 339 g/mol. The van der Waals surface area contributed by atoms with Gasteiger partial charge in [0, 0.05) is 0 Å². The maximum absolute atomic E-state index is 11.9. The van der Waals surface area contributed by atoms with Crippen LogP contribution in [0.3, 0.4) is 0 Å². The standard InChI is InChI=1S/C18H17N3O4/c1-12(14-5-3-2-4-6-14)20-17(22)18(23)21-19-10-13-7-8-15-16(9-13)25-11-24-15/h2-10,12H,11H2,1H3,(H,20,22)(H,21,23)/t12-/m0/s1. The lowest BCUT2D eigenvalue weighted by molar-refractivity contribution is -0.139. The molecule has 7 heteroatoms. The van der Waals surface area contributed by atoms with Crippen LogP contribution in [0, 0.1) is 0 Å². The topological polar surface area (TPSA) is 89.0 Å². The first-order valence-corrected chi connectivity index (χ1v) is 7.72. The fourth-order valence-electron chi connectivity index (χ4n) is 2.30. The highest BCUT2D eigenvalue weighted by atomic mass is 16.7. The predicted molar refractivity (Wildman–Crippen MR) is 91.3 cm³/mol. The minimum atomic E-state index is -0.834. The van der Waals surface area contributed by atoms with E-state index in [0.717, 1.165) is 5.56 Å². The molecule has 128 valence electrons. The Bertz CT molecular complexity index is 805. The van der Waals surface area contributed by atoms with Crippen molar-refractivity contribution < 1.29 is 19.1 Å². The first-order valence-electron chi connectivity index (χ1n) is 7.72. The molecule has 2 N–H and O–H groups in total. The lowest BCUT2D eigenvalue weighted by Crippen LogP contribution is -2.39. The van der Waals surface area contributed by atoms with Crippen molar-refractivity contribution in [2.75, 3.05) is 6.79 Å². The summed E-state index contributed by atoms with van der Waals surface area (Å²) in [6.45, 7) is 1.99. The van der Waals surface area contributed by atoms with Crippen LogP contribution < -0.4 is 20.2 Å². The molecule has 1 aliphatic rings. The van der Waals surface area contributed by atoms with Gasteiger partial charge in [0.1, 0.15) is 0 Å². The molecular weight excluding hydrogens is 322 g/mol. The number of amides is 2. The highest BCUT2D eigenvalue weighted by Gasteiger charge is 2.16. The van der Waals surface area contributed by atoms with Crippen molar-refractivity contribution >= 4 is 18.0 Å². The molecule has 2 amide bonds. The van der Waals surface area contributed by atoms with Gasteiger partial charge in [0.25, 0.3) is 0 Å². The van der Waals surface area contributed by atoms with Gasteiger partial charge < -0.3 is 14.8 Å². The summed E-state index contributed by atoms with van der Waals surface area (Å²) in [6.07, 6.45) is 1.42. The second-order valence-electron chi connectivity index (χ2n) is 5.42. The van der Waals surface area contributed by atoms with Crippen LogP contribution in [0.25, 0.3) is 0 Å². The van der Waals surface area contributed by atoms with Crippen LogP contribution in [-0.4, -0.2) is 24.8 Å². The Morgan fingerprint density at radius 3 is 2.64 bits per heavy atom. The lowest BCUT2D eigenvalue weighted by atomic mass is 10.1. The van der Waals surface area contributed by atoms with Crippen molar-refractivity contribution in [1.82, 2.24) is 10.7 Å². The smallest absolute Gasteiger partial charge is 0.329 e. The Balaban J connectivity index is 1.52. The van der Waals surface area contributed by atoms with Crippen molar-refractivity contribution in [1.29, 1.82) is 0 Å². The molecule has 0 aliphatic carbocycles. The minimum absolute atomic E-state index is 0.187. The fraction of sp³-hybridized carbons (Fsp3) is 0.167. The molecule has 0 spiro atoms. The number of fused-ring (bicyclic) bond motifs is 1. The molecule has 3 rings (SSSR count). The van der Waals surface area contributed by atoms with Crippen LogP contribution >= 0.6 is 0 Å². The SMILES string of the molecule is C[C@H](NC(=O)C(=O)NN=Cc1ccc2c(c1)OCO2)c1ccccc1. The highest BCUT2D eigenvalue weighted by molar-refractivity contribution is 6.35. The van der Waals surface area contributed by atoms with Gasteiger partial charge >= 0.3 is 11.8 Å². The molecule has 1 aliphatic heterocycles. The van der Waals surface area contributed by atoms with Gasteiger partial charge in [-0.25, -0.2) is 5.43 Å². The number of nitrogens with one attached hydrogen (secondary N) is 2. The molecule has 1 heterocycles. The molecule has 0 radical (unpaired) electrons. The first kappa shape index (κ1) is 16.5. The Hall–Kier alpha value is -3.35. The van der Waals surface area contributed by atoms with E-state index in [1.165, 1.54) is 6.21 Å². The number of rotatable bonds is 4. The van der Waals surface area contributed by atoms with Crippen LogP contribution in [0.5, 0.6) is 11.5 Å². The largest absolute Gasteiger partial charge is 0.454 e. The summed E-state index contributed by atoms with van der Waals surface area (Å²) in [7, 11) is 0. The third-order valence-corrected chi connectivity index (χ3v) is 3.63. The zero-order valence-corrected chi connectivity index (χ0v) is 13.6. The summed E-state index contributed by atoms with van der Waals surface area (Å²) in [6, 6.07) is 14.3. The lowest BCUT2D eigenvalue weighted by Gasteiger charge is -2.13. The van der Waals surface area contributed by atoms with Crippen LogP contribution in [-0.2, 0) is 9.59 Å². The van der Waals surface area contributed by atoms with Crippen molar-refractivity contribution in [3.05, 3.63) is 59.7 Å². The number of benzene rings is 2. The zero-order valence-electron chi connectivity index (χ0n) is 13.6. The van der Waals surface area contributed by atoms with E-state index in [4.69, 9.17) is 9.47 Å². The number of hydrogen-bond acceptors (Lipinski definition) is 5. The van der Waals surface area contributed by atoms with E-state index in [0.29, 0.717) is 17.1 Å². The molecule has 2 aromatic rings. The molecule has 0 saturated carbocycles. The number of hydrogen-bond donors (Lipinski definition) is 2. The van der Waals surface area contributed by atoms with Gasteiger partial charge in [-0.2, -0.15) is 5.10 Å². The molecule has 0 unspecified atom stereocenters. The molecular formula is C18H17N3O4. The second kappa shape index (κ2) is 7.48. The number of ether oxygens (including phenoxy) is 2. The number of hydrazone groups is 1. The van der Waals surface area contributed by atoms with E-state index in [2.05, 4.69) is 15.8 Å². The van der Waals surface area contributed by atoms with Crippen LogP contribution in [0.2, 0.25) is 0 Å². The van der Waals surface area contributed by atoms with E-state index in [1.807, 2.05) is 30.3 Å². The fourth-order valence-corrected chi connectivity index (χ4v) is 2.30. The number of carbonyl (C=O) groups is 2. The Kier molecular flexibility index (Phi) is 4.94. The Morgan fingerprint density at radius 1 is 1.08 bits per heavy atom. The maximum Gasteiger partial charge on any atom is 0.329 e. The van der Waals surface area contributed by atoms with Crippen LogP contribution in [0.4, 0.5) is 0 Å². The van der Waals surface area contributed by atoms with Gasteiger partial charge in [0.2, 0.25) is 6.79 Å². The third kappa shape index (κ3) is 4.14. The van der Waals surface area contributed by atoms with Crippen molar-refractivity contribution in [2.45, 2.75) is 13.0 Å². The van der Waals surface area contributed by atoms with Gasteiger partial charge in [-0.05, 0) is 36.2 Å². The molecule has 7 nitrogen and oxygen atoms in total. The molecule has 0 saturated heterocycles. The Morgan fingerprint density at radius 2 is 1.84 bits per heavy atom. The molecule has 2 aromatic carbocycles. The van der Waals surface area contributed by atoms with E-state index >= 15 is 0 Å². The summed E-state index contributed by atoms with van der Waals surface area (Å²) in [5, 5.41) is 6.40. The summed E-state index contributed by atoms with van der Waals surface area (Å²) in [5.74, 6) is -0.306. The molecule has 0 aromatic heterocycles.